The largest absolute Gasteiger partial charge is 0.476 e. The summed E-state index contributed by atoms with van der Waals surface area (Å²) in [6.45, 7) is 7.09. The van der Waals surface area contributed by atoms with Crippen molar-refractivity contribution in [1.29, 1.82) is 0 Å². The van der Waals surface area contributed by atoms with Crippen molar-refractivity contribution in [2.75, 3.05) is 13.2 Å². The second-order valence-corrected chi connectivity index (χ2v) is 8.50. The second kappa shape index (κ2) is 11.1. The van der Waals surface area contributed by atoms with Crippen LogP contribution >= 0.6 is 11.6 Å². The third-order valence-corrected chi connectivity index (χ3v) is 5.74. The number of hydrogen-bond donors (Lipinski definition) is 0. The molecule has 5 heteroatoms. The van der Waals surface area contributed by atoms with Gasteiger partial charge in [0, 0.05) is 31.3 Å². The van der Waals surface area contributed by atoms with E-state index in [0.717, 1.165) is 42.0 Å². The summed E-state index contributed by atoms with van der Waals surface area (Å²) in [7, 11) is 0. The van der Waals surface area contributed by atoms with Gasteiger partial charge in [0.25, 0.3) is 0 Å². The Morgan fingerprint density at radius 1 is 0.758 bits per heavy atom. The molecule has 0 amide bonds. The van der Waals surface area contributed by atoms with E-state index in [9.17, 15) is 0 Å². The first kappa shape index (κ1) is 23.0. The highest BCUT2D eigenvalue weighted by Gasteiger charge is 2.12. The van der Waals surface area contributed by atoms with Crippen molar-refractivity contribution in [1.82, 2.24) is 14.9 Å². The van der Waals surface area contributed by atoms with E-state index in [4.69, 9.17) is 16.3 Å². The van der Waals surface area contributed by atoms with Crippen LogP contribution in [0.4, 0.5) is 0 Å². The van der Waals surface area contributed by atoms with Crippen LogP contribution in [-0.2, 0) is 13.1 Å². The number of hydrogen-bond acceptors (Lipinski definition) is 4. The van der Waals surface area contributed by atoms with Crippen molar-refractivity contribution in [2.45, 2.75) is 26.9 Å². The summed E-state index contributed by atoms with van der Waals surface area (Å²) >= 11 is 6.25. The van der Waals surface area contributed by atoms with Crippen LogP contribution in [0, 0.1) is 13.8 Å². The van der Waals surface area contributed by atoms with E-state index in [1.54, 1.807) is 0 Å². The summed E-state index contributed by atoms with van der Waals surface area (Å²) in [5.41, 5.74) is 6.69. The zero-order valence-electron chi connectivity index (χ0n) is 19.0. The molecule has 4 rings (SSSR count). The molecule has 0 radical (unpaired) electrons. The van der Waals surface area contributed by atoms with Crippen molar-refractivity contribution >= 4 is 11.6 Å². The Balaban J connectivity index is 1.47. The number of aryl methyl sites for hydroxylation is 2. The monoisotopic (exact) mass is 457 g/mol. The van der Waals surface area contributed by atoms with Gasteiger partial charge >= 0.3 is 0 Å². The van der Waals surface area contributed by atoms with Gasteiger partial charge in [-0.25, -0.2) is 4.98 Å². The summed E-state index contributed by atoms with van der Waals surface area (Å²) in [5, 5.41) is 0.190. The van der Waals surface area contributed by atoms with Crippen molar-refractivity contribution in [3.63, 3.8) is 0 Å². The first-order valence-corrected chi connectivity index (χ1v) is 11.5. The van der Waals surface area contributed by atoms with Crippen LogP contribution in [-0.4, -0.2) is 28.0 Å². The van der Waals surface area contributed by atoms with Gasteiger partial charge in [-0.2, -0.15) is 4.98 Å². The molecule has 3 aromatic carbocycles. The van der Waals surface area contributed by atoms with E-state index >= 15 is 0 Å². The van der Waals surface area contributed by atoms with Crippen LogP contribution in [0.5, 0.6) is 5.88 Å². The van der Waals surface area contributed by atoms with Crippen molar-refractivity contribution in [2.24, 2.45) is 0 Å². The summed E-state index contributed by atoms with van der Waals surface area (Å²) in [6, 6.07) is 29.1. The highest BCUT2D eigenvalue weighted by Crippen LogP contribution is 2.28. The lowest BCUT2D eigenvalue weighted by molar-refractivity contribution is 0.192. The van der Waals surface area contributed by atoms with E-state index in [2.05, 4.69) is 89.4 Å². The standard InChI is InChI=1S/C28H28ClN3O/c1-21-10-9-11-22(2)27(21)25-18-26(31-28(29)30-25)33-17-16-32(19-23-12-5-3-6-13-23)20-24-14-7-4-8-15-24/h3-15,18H,16-17,19-20H2,1-2H3. The summed E-state index contributed by atoms with van der Waals surface area (Å²) < 4.78 is 6.06. The predicted molar refractivity (Wildman–Crippen MR) is 134 cm³/mol. The minimum atomic E-state index is 0.190. The highest BCUT2D eigenvalue weighted by atomic mass is 35.5. The number of rotatable bonds is 9. The maximum absolute atomic E-state index is 6.25. The summed E-state index contributed by atoms with van der Waals surface area (Å²) in [6.07, 6.45) is 0. The van der Waals surface area contributed by atoms with E-state index < -0.39 is 0 Å². The number of nitrogens with zero attached hydrogens (tertiary/aromatic N) is 3. The molecule has 168 valence electrons. The zero-order valence-corrected chi connectivity index (χ0v) is 19.8. The Labute approximate surface area is 200 Å². The molecule has 33 heavy (non-hydrogen) atoms. The molecule has 0 saturated carbocycles. The lowest BCUT2D eigenvalue weighted by Crippen LogP contribution is -2.28. The number of halogens is 1. The topological polar surface area (TPSA) is 38.2 Å². The third-order valence-electron chi connectivity index (χ3n) is 5.57. The summed E-state index contributed by atoms with van der Waals surface area (Å²) in [5.74, 6) is 0.493. The van der Waals surface area contributed by atoms with Crippen molar-refractivity contribution in [3.8, 4) is 17.1 Å². The average Bonchev–Trinajstić information content (AvgIpc) is 2.80. The average molecular weight is 458 g/mol. The highest BCUT2D eigenvalue weighted by molar-refractivity contribution is 6.28. The van der Waals surface area contributed by atoms with Gasteiger partial charge in [0.2, 0.25) is 11.2 Å². The van der Waals surface area contributed by atoms with Crippen LogP contribution in [0.25, 0.3) is 11.3 Å². The first-order valence-electron chi connectivity index (χ1n) is 11.1. The number of ether oxygens (including phenoxy) is 1. The van der Waals surface area contributed by atoms with Gasteiger partial charge in [-0.1, -0.05) is 78.9 Å². The van der Waals surface area contributed by atoms with Gasteiger partial charge in [0.05, 0.1) is 5.69 Å². The molecule has 1 aromatic heterocycles. The molecule has 0 fully saturated rings. The van der Waals surface area contributed by atoms with E-state index in [1.807, 2.05) is 24.3 Å². The van der Waals surface area contributed by atoms with E-state index in [1.165, 1.54) is 11.1 Å². The Morgan fingerprint density at radius 2 is 1.33 bits per heavy atom. The number of benzene rings is 3. The smallest absolute Gasteiger partial charge is 0.226 e. The Morgan fingerprint density at radius 3 is 1.91 bits per heavy atom. The lowest BCUT2D eigenvalue weighted by atomic mass is 10.00. The van der Waals surface area contributed by atoms with Gasteiger partial charge < -0.3 is 4.74 Å². The van der Waals surface area contributed by atoms with E-state index in [0.29, 0.717) is 12.5 Å². The fraction of sp³-hybridized carbons (Fsp3) is 0.214. The maximum atomic E-state index is 6.25. The minimum Gasteiger partial charge on any atom is -0.476 e. The quantitative estimate of drug-likeness (QED) is 0.269. The van der Waals surface area contributed by atoms with Crippen LogP contribution in [0.1, 0.15) is 22.3 Å². The lowest BCUT2D eigenvalue weighted by Gasteiger charge is -2.22. The molecule has 0 unspecified atom stereocenters. The number of aromatic nitrogens is 2. The molecule has 0 saturated heterocycles. The molecule has 4 aromatic rings. The fourth-order valence-corrected chi connectivity index (χ4v) is 4.17. The van der Waals surface area contributed by atoms with Gasteiger partial charge in [0.15, 0.2) is 0 Å². The Hall–Kier alpha value is -3.21. The molecular weight excluding hydrogens is 430 g/mol. The molecule has 0 atom stereocenters. The van der Waals surface area contributed by atoms with Gasteiger partial charge in [0.1, 0.15) is 6.61 Å². The molecular formula is C28H28ClN3O. The van der Waals surface area contributed by atoms with Gasteiger partial charge in [-0.3, -0.25) is 4.90 Å². The van der Waals surface area contributed by atoms with Crippen molar-refractivity contribution in [3.05, 3.63) is 112 Å². The maximum Gasteiger partial charge on any atom is 0.226 e. The zero-order chi connectivity index (χ0) is 23.0. The Kier molecular flexibility index (Phi) is 7.71. The molecule has 0 bridgehead atoms. The van der Waals surface area contributed by atoms with Gasteiger partial charge in [-0.05, 0) is 47.7 Å². The normalized spacial score (nSPS) is 11.0. The van der Waals surface area contributed by atoms with Gasteiger partial charge in [-0.15, -0.1) is 0 Å². The molecule has 1 heterocycles. The molecule has 0 N–H and O–H groups in total. The Bertz CT molecular complexity index is 1120. The minimum absolute atomic E-state index is 0.190. The predicted octanol–water partition coefficient (Wildman–Crippen LogP) is 6.50. The fourth-order valence-electron chi connectivity index (χ4n) is 3.99. The molecule has 0 aliphatic carbocycles. The molecule has 4 nitrogen and oxygen atoms in total. The van der Waals surface area contributed by atoms with Crippen LogP contribution < -0.4 is 4.74 Å². The molecule has 0 aliphatic heterocycles. The SMILES string of the molecule is Cc1cccc(C)c1-c1cc(OCCN(Cc2ccccc2)Cc2ccccc2)nc(Cl)n1. The molecule has 0 aliphatic rings. The van der Waals surface area contributed by atoms with Crippen molar-refractivity contribution < 1.29 is 4.74 Å². The van der Waals surface area contributed by atoms with Crippen LogP contribution in [0.2, 0.25) is 5.28 Å². The second-order valence-electron chi connectivity index (χ2n) is 8.16. The first-order chi connectivity index (χ1) is 16.1. The molecule has 0 spiro atoms. The summed E-state index contributed by atoms with van der Waals surface area (Å²) in [4.78, 5) is 11.1. The van der Waals surface area contributed by atoms with Crippen LogP contribution in [0.3, 0.4) is 0 Å². The van der Waals surface area contributed by atoms with Crippen LogP contribution in [0.15, 0.2) is 84.9 Å². The third kappa shape index (κ3) is 6.41. The van der Waals surface area contributed by atoms with E-state index in [-0.39, 0.29) is 5.28 Å².